The van der Waals surface area contributed by atoms with Gasteiger partial charge in [0.2, 0.25) is 20.9 Å². The molecule has 0 N–H and O–H groups in total. The van der Waals surface area contributed by atoms with Gasteiger partial charge in [0.1, 0.15) is 13.2 Å². The molecule has 0 saturated carbocycles. The van der Waals surface area contributed by atoms with Gasteiger partial charge in [0, 0.05) is 5.87 Å². The minimum atomic E-state index is -5.19. The van der Waals surface area contributed by atoms with E-state index in [0.717, 1.165) is 0 Å². The summed E-state index contributed by atoms with van der Waals surface area (Å²) >= 11 is 0. The lowest BCUT2D eigenvalue weighted by Crippen LogP contribution is -2.67. The normalized spacial score (nSPS) is 36.0. The third kappa shape index (κ3) is 13.4. The standard InChI is InChI=1S/C5H4F4O8S2.C5H4O10S2.C4H4F2O7S2.C3O10S2.C3H4O8S2/c6-4(7)3(1-14-18(10,11)16-4)2-15-19(12,13)17-5(3,8)9;6-3-5(1-12-16(8,9)14-3)2-13-17(10,11)15-4(5)7;1-14(7)10-2(5)4(12-14)3(6)11-15(8,9)13-4;4-1-3(12-14(6,7)10-1)2(5)11-15(8,9)13-3;4-12(5)8-1-3(10-12)2-9-13(6,7)11-3/h1-2H2;1-2H2;2-3H,1H2;;1-2H2. The van der Waals surface area contributed by atoms with Gasteiger partial charge in [-0.1, -0.05) is 0 Å². The number of hydrogen-bond donors (Lipinski definition) is 0. The van der Waals surface area contributed by atoms with Crippen molar-refractivity contribution in [1.29, 1.82) is 0 Å². The first-order chi connectivity index (χ1) is 35.2. The average Bonchev–Trinajstić information content (AvgIpc) is 3.96. The van der Waals surface area contributed by atoms with Gasteiger partial charge < -0.3 is 16.7 Å². The Kier molecular flexibility index (Phi) is 16.1. The zero-order chi connectivity index (χ0) is 60.3. The molecule has 79 heavy (non-hydrogen) atoms. The van der Waals surface area contributed by atoms with Crippen molar-refractivity contribution in [3.8, 4) is 0 Å². The van der Waals surface area contributed by atoms with Gasteiger partial charge in [0.25, 0.3) is 18.5 Å². The second kappa shape index (κ2) is 19.8. The zero-order valence-electron chi connectivity index (χ0n) is 35.5. The van der Waals surface area contributed by atoms with Crippen molar-refractivity contribution in [3.05, 3.63) is 0 Å². The summed E-state index contributed by atoms with van der Waals surface area (Å²) in [5, 5.41) is 0. The lowest BCUT2D eigenvalue weighted by atomic mass is 9.87. The molecule has 59 heteroatoms. The van der Waals surface area contributed by atoms with Crippen molar-refractivity contribution in [1.82, 2.24) is 0 Å². The van der Waals surface area contributed by atoms with E-state index >= 15 is 0 Å². The van der Waals surface area contributed by atoms with Crippen molar-refractivity contribution in [2.75, 3.05) is 39.6 Å². The van der Waals surface area contributed by atoms with Crippen LogP contribution in [0.25, 0.3) is 0 Å². The minimum Gasteiger partial charge on any atom is -0.323 e. The van der Waals surface area contributed by atoms with Crippen LogP contribution in [0.4, 0.5) is 26.3 Å². The van der Waals surface area contributed by atoms with Gasteiger partial charge in [0.15, 0.2) is 0 Å². The molecule has 0 aromatic rings. The van der Waals surface area contributed by atoms with Crippen molar-refractivity contribution in [2.24, 2.45) is 10.8 Å². The average molecular weight is 1380 g/mol. The quantitative estimate of drug-likeness (QED) is 0.123. The van der Waals surface area contributed by atoms with Crippen LogP contribution in [0.1, 0.15) is 0 Å². The summed E-state index contributed by atoms with van der Waals surface area (Å²) in [6.07, 6.45) is -15.5. The number of rotatable bonds is 0. The van der Waals surface area contributed by atoms with Gasteiger partial charge >= 0.3 is 141 Å². The van der Waals surface area contributed by atoms with Crippen LogP contribution in [0.15, 0.2) is 0 Å². The van der Waals surface area contributed by atoms with Gasteiger partial charge in [0.05, 0.1) is 26.4 Å². The van der Waals surface area contributed by atoms with Crippen molar-refractivity contribution >= 4 is 133 Å². The maximum absolute atomic E-state index is 13.5. The van der Waals surface area contributed by atoms with E-state index in [4.69, 9.17) is 0 Å². The molecule has 0 aromatic heterocycles. The van der Waals surface area contributed by atoms with E-state index in [1.807, 2.05) is 0 Å². The molecule has 10 rings (SSSR count). The molecule has 456 valence electrons. The fourth-order valence-corrected chi connectivity index (χ4v) is 13.7. The Morgan fingerprint density at radius 1 is 0.367 bits per heavy atom. The molecular weight excluding hydrogens is 1360 g/mol. The predicted octanol–water partition coefficient (Wildman–Crippen LogP) is -7.91. The predicted molar refractivity (Wildman–Crippen MR) is 199 cm³/mol. The van der Waals surface area contributed by atoms with Crippen molar-refractivity contribution in [2.45, 2.75) is 42.3 Å². The molecule has 4 unspecified atom stereocenters. The summed E-state index contributed by atoms with van der Waals surface area (Å²) in [6, 6.07) is 0. The highest BCUT2D eigenvalue weighted by Crippen LogP contribution is 2.56. The van der Waals surface area contributed by atoms with E-state index in [0.29, 0.717) is 0 Å². The molecule has 0 radical (unpaired) electrons. The highest BCUT2D eigenvalue weighted by molar-refractivity contribution is 7.91. The van der Waals surface area contributed by atoms with Crippen LogP contribution in [0, 0.1) is 10.8 Å². The third-order valence-electron chi connectivity index (χ3n) is 8.70. The highest BCUT2D eigenvalue weighted by atomic mass is 32.3. The number of carbonyl (C=O) groups excluding carboxylic acids is 4. The monoisotopic (exact) mass is 1380 g/mol. The fraction of sp³-hybridized carbons (Fsp3) is 0.750. The van der Waals surface area contributed by atoms with E-state index in [2.05, 4.69) is 89.5 Å². The number of hydrogen-bond acceptors (Lipinski definition) is 43. The van der Waals surface area contributed by atoms with Crippen molar-refractivity contribution < 1.29 is 209 Å². The molecule has 10 aliphatic heterocycles. The van der Waals surface area contributed by atoms with E-state index in [9.17, 15) is 125 Å². The second-order valence-electron chi connectivity index (χ2n) is 14.2. The summed E-state index contributed by atoms with van der Waals surface area (Å²) < 4.78 is 360. The maximum Gasteiger partial charge on any atom is 0.455 e. The SMILES string of the molecule is C=S1(=O)OC(F)C2(O1)OS(=O)(=O)OC2F.O=C1OS(=O)(=O)OC12OS(=O)(=O)OC2=O.O=C1OS(=O)(=O)OCC12COS(=O)(=O)OC2=O.O=S1(=O)OCC2(COS(=O)(=O)O2)O1.O=S1(=O)OCC2(COS(=O)(=O)OC2(F)F)C(F)(F)O1. The van der Waals surface area contributed by atoms with Gasteiger partial charge in [-0.2, -0.15) is 114 Å². The number of alkyl halides is 6. The lowest BCUT2D eigenvalue weighted by Gasteiger charge is -2.45. The van der Waals surface area contributed by atoms with Crippen LogP contribution < -0.4 is 0 Å². The van der Waals surface area contributed by atoms with E-state index < -0.39 is 220 Å². The lowest BCUT2D eigenvalue weighted by molar-refractivity contribution is -0.404. The van der Waals surface area contributed by atoms with Crippen LogP contribution in [0.5, 0.6) is 0 Å². The Hall–Kier alpha value is -3.61. The third-order valence-corrected chi connectivity index (χ3v) is 17.1. The maximum atomic E-state index is 13.5. The molecule has 43 nitrogen and oxygen atoms in total. The minimum absolute atomic E-state index is 0.533. The summed E-state index contributed by atoms with van der Waals surface area (Å²) in [7, 11) is -46.0. The first-order valence-electron chi connectivity index (χ1n) is 17.6. The Morgan fingerprint density at radius 3 is 0.962 bits per heavy atom. The number of halogens is 6. The Labute approximate surface area is 433 Å². The van der Waals surface area contributed by atoms with Crippen LogP contribution >= 0.6 is 0 Å². The van der Waals surface area contributed by atoms with Crippen LogP contribution in [0.2, 0.25) is 0 Å². The van der Waals surface area contributed by atoms with Gasteiger partial charge in [-0.25, -0.2) is 78.2 Å². The summed E-state index contributed by atoms with van der Waals surface area (Å²) in [5.74, 6) is -12.1. The number of carbonyl (C=O) groups is 4. The van der Waals surface area contributed by atoms with Gasteiger partial charge in [-0.3, -0.25) is 0 Å². The van der Waals surface area contributed by atoms with Crippen LogP contribution in [0.3, 0.4) is 0 Å². The molecule has 0 amide bonds. The van der Waals surface area contributed by atoms with Gasteiger partial charge in [-0.15, -0.1) is 0 Å². The summed E-state index contributed by atoms with van der Waals surface area (Å²) in [6.45, 7) is -6.52. The van der Waals surface area contributed by atoms with Crippen LogP contribution in [-0.2, 0) is 207 Å². The molecule has 10 saturated heterocycles. The molecular formula is C20H16F6O43S10. The molecule has 10 fully saturated rings. The van der Waals surface area contributed by atoms with E-state index in [1.165, 1.54) is 0 Å². The molecule has 0 aliphatic carbocycles. The van der Waals surface area contributed by atoms with Gasteiger partial charge in [-0.05, 0) is 0 Å². The molecule has 4 atom stereocenters. The fourth-order valence-electron chi connectivity index (χ4n) is 5.23. The molecule has 10 aliphatic rings. The summed E-state index contributed by atoms with van der Waals surface area (Å²) in [5.41, 5.74) is -5.99. The molecule has 5 spiro atoms. The molecule has 0 aromatic carbocycles. The van der Waals surface area contributed by atoms with Crippen LogP contribution in [-0.4, -0.2) is 192 Å². The first-order valence-corrected chi connectivity index (χ1v) is 31.2. The van der Waals surface area contributed by atoms with Crippen molar-refractivity contribution in [3.63, 3.8) is 0 Å². The Bertz CT molecular complexity index is 3530. The largest absolute Gasteiger partial charge is 0.455 e. The molecule has 10 heterocycles. The smallest absolute Gasteiger partial charge is 0.323 e. The molecule has 0 bridgehead atoms. The Morgan fingerprint density at radius 2 is 0.696 bits per heavy atom. The zero-order valence-corrected chi connectivity index (χ0v) is 43.7. The second-order valence-corrected chi connectivity index (χ2v) is 26.5. The van der Waals surface area contributed by atoms with E-state index in [-0.39, 0.29) is 0 Å². The summed E-state index contributed by atoms with van der Waals surface area (Å²) in [4.78, 5) is 44.5. The highest BCUT2D eigenvalue weighted by Gasteiger charge is 2.79. The first kappa shape index (κ1) is 64.6. The topological polar surface area (TPSA) is 577 Å². The van der Waals surface area contributed by atoms with E-state index in [1.54, 1.807) is 0 Å². The Balaban J connectivity index is 0.000000160.